The predicted molar refractivity (Wildman–Crippen MR) is 71.2 cm³/mol. The van der Waals surface area contributed by atoms with E-state index in [1.807, 2.05) is 0 Å². The van der Waals surface area contributed by atoms with Crippen LogP contribution in [0.2, 0.25) is 0 Å². The highest BCUT2D eigenvalue weighted by molar-refractivity contribution is 9.08. The van der Waals surface area contributed by atoms with Crippen molar-refractivity contribution in [2.24, 2.45) is 0 Å². The Balaban J connectivity index is 2.46. The Labute approximate surface area is 121 Å². The molecule has 0 fully saturated rings. The molecule has 0 aliphatic rings. The van der Waals surface area contributed by atoms with Gasteiger partial charge in [0, 0.05) is 10.9 Å². The minimum atomic E-state index is -4.77. The van der Waals surface area contributed by atoms with E-state index in [2.05, 4.69) is 20.7 Å². The molecule has 0 aromatic heterocycles. The van der Waals surface area contributed by atoms with Crippen LogP contribution in [0.25, 0.3) is 11.1 Å². The molecule has 2 aromatic rings. The Morgan fingerprint density at radius 3 is 2.40 bits per heavy atom. The second-order valence-corrected chi connectivity index (χ2v) is 4.54. The summed E-state index contributed by atoms with van der Waals surface area (Å²) in [5.74, 6) is -0.870. The average Bonchev–Trinajstić information content (AvgIpc) is 2.36. The quantitative estimate of drug-likeness (QED) is 0.541. The number of hydrogen-bond donors (Lipinski definition) is 0. The van der Waals surface area contributed by atoms with Crippen molar-refractivity contribution in [3.63, 3.8) is 0 Å². The fraction of sp³-hybridized carbons (Fsp3) is 0.143. The first kappa shape index (κ1) is 14.8. The van der Waals surface area contributed by atoms with Crippen molar-refractivity contribution in [2.75, 3.05) is 0 Å². The van der Waals surface area contributed by atoms with E-state index < -0.39 is 12.2 Å². The molecule has 0 amide bonds. The molecule has 0 saturated heterocycles. The zero-order chi connectivity index (χ0) is 14.8. The second-order valence-electron chi connectivity index (χ2n) is 3.98. The lowest BCUT2D eigenvalue weighted by Crippen LogP contribution is -2.17. The molecule has 0 saturated carbocycles. The summed E-state index contributed by atoms with van der Waals surface area (Å²) in [4.78, 5) is 0. The molecule has 0 bridgehead atoms. The van der Waals surface area contributed by atoms with E-state index in [0.717, 1.165) is 6.07 Å². The number of rotatable bonds is 3. The van der Waals surface area contributed by atoms with Crippen LogP contribution in [0.4, 0.5) is 17.6 Å². The van der Waals surface area contributed by atoms with E-state index in [1.54, 1.807) is 12.1 Å². The maximum atomic E-state index is 13.9. The van der Waals surface area contributed by atoms with Crippen LogP contribution in [0, 0.1) is 5.82 Å². The highest BCUT2D eigenvalue weighted by Gasteiger charge is 2.31. The number of hydrogen-bond acceptors (Lipinski definition) is 1. The molecule has 20 heavy (non-hydrogen) atoms. The summed E-state index contributed by atoms with van der Waals surface area (Å²) in [6, 6.07) is 9.77. The third kappa shape index (κ3) is 3.50. The molecule has 2 rings (SSSR count). The van der Waals surface area contributed by atoms with Gasteiger partial charge in [-0.1, -0.05) is 40.2 Å². The van der Waals surface area contributed by atoms with Gasteiger partial charge < -0.3 is 4.74 Å². The van der Waals surface area contributed by atoms with Gasteiger partial charge in [-0.15, -0.1) is 13.2 Å². The van der Waals surface area contributed by atoms with Crippen molar-refractivity contribution < 1.29 is 22.3 Å². The van der Waals surface area contributed by atoms with Gasteiger partial charge in [0.25, 0.3) is 0 Å². The number of alkyl halides is 4. The highest BCUT2D eigenvalue weighted by atomic mass is 79.9. The van der Waals surface area contributed by atoms with Crippen LogP contribution in [-0.2, 0) is 5.33 Å². The second kappa shape index (κ2) is 5.83. The van der Waals surface area contributed by atoms with Crippen molar-refractivity contribution in [3.05, 3.63) is 53.8 Å². The highest BCUT2D eigenvalue weighted by Crippen LogP contribution is 2.32. The van der Waals surface area contributed by atoms with Gasteiger partial charge in [0.1, 0.15) is 11.6 Å². The van der Waals surface area contributed by atoms with E-state index in [4.69, 9.17) is 0 Å². The van der Waals surface area contributed by atoms with Crippen molar-refractivity contribution in [1.29, 1.82) is 0 Å². The van der Waals surface area contributed by atoms with Gasteiger partial charge in [-0.05, 0) is 29.3 Å². The first-order valence-corrected chi connectivity index (χ1v) is 6.72. The van der Waals surface area contributed by atoms with Crippen LogP contribution in [0.5, 0.6) is 5.75 Å². The maximum absolute atomic E-state index is 13.9. The number of ether oxygens (including phenoxy) is 1. The van der Waals surface area contributed by atoms with Crippen LogP contribution < -0.4 is 4.74 Å². The lowest BCUT2D eigenvalue weighted by molar-refractivity contribution is -0.274. The van der Waals surface area contributed by atoms with Crippen LogP contribution >= 0.6 is 15.9 Å². The Morgan fingerprint density at radius 1 is 1.05 bits per heavy atom. The minimum Gasteiger partial charge on any atom is -0.406 e. The molecule has 1 nitrogen and oxygen atoms in total. The molecular weight excluding hydrogens is 340 g/mol. The standard InChI is InChI=1S/C14H9BrF4O/c15-8-10-4-2-6-12(16)13(10)9-3-1-5-11(7-9)20-14(17,18)19/h1-7H,8H2. The SMILES string of the molecule is Fc1cccc(CBr)c1-c1cccc(OC(F)(F)F)c1. The summed E-state index contributed by atoms with van der Waals surface area (Å²) >= 11 is 3.23. The first-order chi connectivity index (χ1) is 9.40. The molecule has 0 heterocycles. The van der Waals surface area contributed by atoms with Crippen LogP contribution in [-0.4, -0.2) is 6.36 Å². The summed E-state index contributed by atoms with van der Waals surface area (Å²) in [6.07, 6.45) is -4.77. The van der Waals surface area contributed by atoms with Gasteiger partial charge >= 0.3 is 6.36 Å². The average molecular weight is 349 g/mol. The lowest BCUT2D eigenvalue weighted by atomic mass is 10.00. The largest absolute Gasteiger partial charge is 0.573 e. The molecular formula is C14H9BrF4O. The normalized spacial score (nSPS) is 11.4. The molecule has 0 aliphatic heterocycles. The molecule has 0 N–H and O–H groups in total. The van der Waals surface area contributed by atoms with Crippen molar-refractivity contribution in [3.8, 4) is 16.9 Å². The monoisotopic (exact) mass is 348 g/mol. The van der Waals surface area contributed by atoms with Gasteiger partial charge in [0.05, 0.1) is 0 Å². The molecule has 0 spiro atoms. The molecule has 0 atom stereocenters. The smallest absolute Gasteiger partial charge is 0.406 e. The van der Waals surface area contributed by atoms with Crippen LogP contribution in [0.15, 0.2) is 42.5 Å². The van der Waals surface area contributed by atoms with E-state index in [-0.39, 0.29) is 11.3 Å². The Bertz CT molecular complexity index is 610. The van der Waals surface area contributed by atoms with Gasteiger partial charge in [0.2, 0.25) is 0 Å². The zero-order valence-electron chi connectivity index (χ0n) is 10.0. The number of benzene rings is 2. The van der Waals surface area contributed by atoms with Gasteiger partial charge in [-0.3, -0.25) is 0 Å². The summed E-state index contributed by atoms with van der Waals surface area (Å²) < 4.78 is 54.3. The zero-order valence-corrected chi connectivity index (χ0v) is 11.6. The van der Waals surface area contributed by atoms with E-state index in [1.165, 1.54) is 24.3 Å². The van der Waals surface area contributed by atoms with Gasteiger partial charge in [-0.25, -0.2) is 4.39 Å². The Morgan fingerprint density at radius 2 is 1.75 bits per heavy atom. The summed E-state index contributed by atoms with van der Waals surface area (Å²) in [5.41, 5.74) is 1.24. The molecule has 0 radical (unpaired) electrons. The molecule has 106 valence electrons. The predicted octanol–water partition coefficient (Wildman–Crippen LogP) is 5.29. The summed E-state index contributed by atoms with van der Waals surface area (Å²) in [7, 11) is 0. The first-order valence-electron chi connectivity index (χ1n) is 5.60. The Hall–Kier alpha value is -1.56. The third-order valence-corrected chi connectivity index (χ3v) is 3.20. The summed E-state index contributed by atoms with van der Waals surface area (Å²) in [6.45, 7) is 0. The fourth-order valence-corrected chi connectivity index (χ4v) is 2.32. The van der Waals surface area contributed by atoms with Crippen molar-refractivity contribution in [2.45, 2.75) is 11.7 Å². The van der Waals surface area contributed by atoms with Crippen LogP contribution in [0.3, 0.4) is 0 Å². The van der Waals surface area contributed by atoms with Gasteiger partial charge in [0.15, 0.2) is 0 Å². The van der Waals surface area contributed by atoms with Crippen LogP contribution in [0.1, 0.15) is 5.56 Å². The van der Waals surface area contributed by atoms with E-state index in [0.29, 0.717) is 16.5 Å². The summed E-state index contributed by atoms with van der Waals surface area (Å²) in [5, 5.41) is 0.393. The molecule has 2 aromatic carbocycles. The van der Waals surface area contributed by atoms with Gasteiger partial charge in [-0.2, -0.15) is 0 Å². The fourth-order valence-electron chi connectivity index (χ4n) is 1.85. The number of halogens is 5. The molecule has 0 unspecified atom stereocenters. The molecule has 6 heteroatoms. The lowest BCUT2D eigenvalue weighted by Gasteiger charge is -2.12. The van der Waals surface area contributed by atoms with E-state index in [9.17, 15) is 17.6 Å². The van der Waals surface area contributed by atoms with Crippen molar-refractivity contribution in [1.82, 2.24) is 0 Å². The molecule has 0 aliphatic carbocycles. The minimum absolute atomic E-state index is 0.261. The Kier molecular flexibility index (Phi) is 4.32. The van der Waals surface area contributed by atoms with Crippen molar-refractivity contribution >= 4 is 15.9 Å². The third-order valence-electron chi connectivity index (χ3n) is 2.60. The van der Waals surface area contributed by atoms with E-state index >= 15 is 0 Å². The topological polar surface area (TPSA) is 9.23 Å². The maximum Gasteiger partial charge on any atom is 0.573 e.